The molecule has 3 atom stereocenters. The second-order valence-electron chi connectivity index (χ2n) is 6.39. The number of Topliss-reactive ketones (excluding diaryl/α,β-unsaturated/α-hetero) is 1. The molecular formula is C14H26N2O2. The Kier molecular flexibility index (Phi) is 4.54. The van der Waals surface area contributed by atoms with Gasteiger partial charge in [0.1, 0.15) is 0 Å². The Labute approximate surface area is 110 Å². The smallest absolute Gasteiger partial charge is 0.240 e. The number of carbonyl (C=O) groups is 2. The Morgan fingerprint density at radius 3 is 2.33 bits per heavy atom. The summed E-state index contributed by atoms with van der Waals surface area (Å²) in [4.78, 5) is 25.9. The van der Waals surface area contributed by atoms with Crippen LogP contribution in [0, 0.1) is 11.3 Å². The molecule has 0 aromatic rings. The highest BCUT2D eigenvalue weighted by Gasteiger charge is 2.42. The zero-order chi connectivity index (χ0) is 14.1. The van der Waals surface area contributed by atoms with Gasteiger partial charge in [-0.1, -0.05) is 34.1 Å². The van der Waals surface area contributed by atoms with E-state index in [0.717, 1.165) is 12.8 Å². The van der Waals surface area contributed by atoms with Gasteiger partial charge in [-0.15, -0.1) is 0 Å². The molecule has 1 aliphatic heterocycles. The van der Waals surface area contributed by atoms with Gasteiger partial charge >= 0.3 is 0 Å². The van der Waals surface area contributed by atoms with Gasteiger partial charge in [-0.25, -0.2) is 0 Å². The number of nitrogens with zero attached hydrogens (tertiary/aromatic N) is 1. The number of likely N-dealkylation sites (tertiary alicyclic amines) is 1. The minimum atomic E-state index is -0.546. The number of amides is 1. The Morgan fingerprint density at radius 1 is 1.39 bits per heavy atom. The first-order valence-corrected chi connectivity index (χ1v) is 6.76. The van der Waals surface area contributed by atoms with Crippen LogP contribution >= 0.6 is 0 Å². The summed E-state index contributed by atoms with van der Waals surface area (Å²) in [6, 6.07) is -0.814. The number of hydrogen-bond acceptors (Lipinski definition) is 3. The highest BCUT2D eigenvalue weighted by Crippen LogP contribution is 2.30. The van der Waals surface area contributed by atoms with Crippen molar-refractivity contribution in [2.45, 2.75) is 59.5 Å². The van der Waals surface area contributed by atoms with Crippen molar-refractivity contribution in [2.24, 2.45) is 17.1 Å². The van der Waals surface area contributed by atoms with Crippen molar-refractivity contribution < 1.29 is 9.59 Å². The molecule has 0 radical (unpaired) electrons. The summed E-state index contributed by atoms with van der Waals surface area (Å²) in [5.74, 6) is 0.283. The lowest BCUT2D eigenvalue weighted by molar-refractivity contribution is -0.140. The van der Waals surface area contributed by atoms with Crippen molar-refractivity contribution in [3.63, 3.8) is 0 Å². The largest absolute Gasteiger partial charge is 0.331 e. The third kappa shape index (κ3) is 2.91. The van der Waals surface area contributed by atoms with Crippen molar-refractivity contribution in [3.8, 4) is 0 Å². The third-order valence-corrected chi connectivity index (χ3v) is 3.95. The molecule has 2 N–H and O–H groups in total. The number of carbonyl (C=O) groups excluding carboxylic acids is 2. The van der Waals surface area contributed by atoms with E-state index in [9.17, 15) is 9.59 Å². The van der Waals surface area contributed by atoms with Gasteiger partial charge in [-0.3, -0.25) is 9.59 Å². The molecule has 2 unspecified atom stereocenters. The summed E-state index contributed by atoms with van der Waals surface area (Å²) >= 11 is 0. The third-order valence-electron chi connectivity index (χ3n) is 3.95. The van der Waals surface area contributed by atoms with Crippen molar-refractivity contribution in [1.29, 1.82) is 0 Å². The van der Waals surface area contributed by atoms with Crippen molar-refractivity contribution in [2.75, 3.05) is 6.54 Å². The first kappa shape index (κ1) is 15.2. The SMILES string of the molecule is CCC1CCN(C(=O)C(N)C(C)(C)C)[C@@H]1C(C)=O. The van der Waals surface area contributed by atoms with Crippen LogP contribution in [0.4, 0.5) is 0 Å². The molecule has 1 amide bonds. The number of rotatable bonds is 3. The Hall–Kier alpha value is -0.900. The van der Waals surface area contributed by atoms with Crippen LogP contribution in [0.1, 0.15) is 47.5 Å². The lowest BCUT2D eigenvalue weighted by atomic mass is 9.86. The average molecular weight is 254 g/mol. The van der Waals surface area contributed by atoms with Gasteiger partial charge in [0.05, 0.1) is 12.1 Å². The van der Waals surface area contributed by atoms with Crippen LogP contribution in [0.3, 0.4) is 0 Å². The summed E-state index contributed by atoms with van der Waals surface area (Å²) in [5.41, 5.74) is 5.75. The first-order chi connectivity index (χ1) is 8.20. The van der Waals surface area contributed by atoms with Gasteiger partial charge < -0.3 is 10.6 Å². The number of nitrogens with two attached hydrogens (primary N) is 1. The van der Waals surface area contributed by atoms with E-state index in [-0.39, 0.29) is 23.1 Å². The fourth-order valence-corrected chi connectivity index (χ4v) is 2.63. The molecule has 0 saturated carbocycles. The standard InChI is InChI=1S/C14H26N2O2/c1-6-10-7-8-16(11(10)9(2)17)13(18)12(15)14(3,4)5/h10-12H,6-8,15H2,1-5H3/t10?,11-,12?/m1/s1. The Balaban J connectivity index is 2.89. The van der Waals surface area contributed by atoms with Gasteiger partial charge in [-0.2, -0.15) is 0 Å². The quantitative estimate of drug-likeness (QED) is 0.831. The van der Waals surface area contributed by atoms with Crippen LogP contribution < -0.4 is 5.73 Å². The maximum absolute atomic E-state index is 12.4. The summed E-state index contributed by atoms with van der Waals surface area (Å²) in [5, 5.41) is 0. The summed E-state index contributed by atoms with van der Waals surface area (Å²) in [7, 11) is 0. The molecule has 0 spiro atoms. The molecule has 0 aromatic heterocycles. The molecule has 1 rings (SSSR count). The highest BCUT2D eigenvalue weighted by atomic mass is 16.2. The van der Waals surface area contributed by atoms with Crippen molar-refractivity contribution >= 4 is 11.7 Å². The summed E-state index contributed by atoms with van der Waals surface area (Å²) < 4.78 is 0. The molecule has 18 heavy (non-hydrogen) atoms. The zero-order valence-electron chi connectivity index (χ0n) is 12.2. The molecule has 1 aliphatic rings. The molecule has 1 saturated heterocycles. The van der Waals surface area contributed by atoms with Crippen LogP contribution in [0.2, 0.25) is 0 Å². The number of ketones is 1. The Morgan fingerprint density at radius 2 is 1.94 bits per heavy atom. The topological polar surface area (TPSA) is 63.4 Å². The van der Waals surface area contributed by atoms with Gasteiger partial charge in [0, 0.05) is 6.54 Å². The van der Waals surface area contributed by atoms with E-state index in [1.807, 2.05) is 20.8 Å². The van der Waals surface area contributed by atoms with Crippen LogP contribution in [-0.2, 0) is 9.59 Å². The maximum Gasteiger partial charge on any atom is 0.240 e. The second-order valence-corrected chi connectivity index (χ2v) is 6.39. The predicted molar refractivity (Wildman–Crippen MR) is 72.0 cm³/mol. The zero-order valence-corrected chi connectivity index (χ0v) is 12.2. The van der Waals surface area contributed by atoms with Gasteiger partial charge in [0.25, 0.3) is 0 Å². The highest BCUT2D eigenvalue weighted by molar-refractivity contribution is 5.90. The van der Waals surface area contributed by atoms with Crippen LogP contribution in [-0.4, -0.2) is 35.2 Å². The molecule has 104 valence electrons. The lowest BCUT2D eigenvalue weighted by Crippen LogP contribution is -2.53. The van der Waals surface area contributed by atoms with Gasteiger partial charge in [-0.05, 0) is 24.7 Å². The van der Waals surface area contributed by atoms with Crippen LogP contribution in [0.15, 0.2) is 0 Å². The maximum atomic E-state index is 12.4. The van der Waals surface area contributed by atoms with Crippen LogP contribution in [0.25, 0.3) is 0 Å². The molecule has 4 nitrogen and oxygen atoms in total. The second kappa shape index (κ2) is 5.39. The molecule has 0 aliphatic carbocycles. The van der Waals surface area contributed by atoms with Crippen molar-refractivity contribution in [1.82, 2.24) is 4.90 Å². The molecule has 0 aromatic carbocycles. The number of hydrogen-bond donors (Lipinski definition) is 1. The molecular weight excluding hydrogens is 228 g/mol. The van der Waals surface area contributed by atoms with E-state index in [1.165, 1.54) is 0 Å². The first-order valence-electron chi connectivity index (χ1n) is 6.76. The molecule has 1 heterocycles. The monoisotopic (exact) mass is 254 g/mol. The van der Waals surface area contributed by atoms with Gasteiger partial charge in [0.15, 0.2) is 5.78 Å². The van der Waals surface area contributed by atoms with Crippen molar-refractivity contribution in [3.05, 3.63) is 0 Å². The van der Waals surface area contributed by atoms with E-state index >= 15 is 0 Å². The predicted octanol–water partition coefficient (Wildman–Crippen LogP) is 1.58. The fourth-order valence-electron chi connectivity index (χ4n) is 2.63. The molecule has 1 fully saturated rings. The van der Waals surface area contributed by atoms with Crippen LogP contribution in [0.5, 0.6) is 0 Å². The van der Waals surface area contributed by atoms with E-state index in [0.29, 0.717) is 12.5 Å². The van der Waals surface area contributed by atoms with Gasteiger partial charge in [0.2, 0.25) is 5.91 Å². The Bertz CT molecular complexity index is 333. The van der Waals surface area contributed by atoms with E-state index in [1.54, 1.807) is 11.8 Å². The van der Waals surface area contributed by atoms with E-state index < -0.39 is 6.04 Å². The van der Waals surface area contributed by atoms with E-state index in [4.69, 9.17) is 5.73 Å². The van der Waals surface area contributed by atoms with E-state index in [2.05, 4.69) is 6.92 Å². The summed E-state index contributed by atoms with van der Waals surface area (Å²) in [6.07, 6.45) is 1.84. The fraction of sp³-hybridized carbons (Fsp3) is 0.857. The summed E-state index contributed by atoms with van der Waals surface area (Å²) in [6.45, 7) is 10.1. The lowest BCUT2D eigenvalue weighted by Gasteiger charge is -2.33. The average Bonchev–Trinajstić information content (AvgIpc) is 2.69. The normalized spacial score (nSPS) is 26.2. The minimum absolute atomic E-state index is 0.0776. The molecule has 4 heteroatoms. The minimum Gasteiger partial charge on any atom is -0.331 e. The molecule has 0 bridgehead atoms.